The number of nitrogens with zero attached hydrogens (tertiary/aromatic N) is 2. The van der Waals surface area contributed by atoms with E-state index in [0.717, 1.165) is 50.3 Å². The second-order valence-electron chi connectivity index (χ2n) is 8.15. The summed E-state index contributed by atoms with van der Waals surface area (Å²) in [6.07, 6.45) is 3.71. The van der Waals surface area contributed by atoms with Crippen LogP contribution in [-0.4, -0.2) is 58.6 Å². The van der Waals surface area contributed by atoms with Crippen molar-refractivity contribution in [3.63, 3.8) is 0 Å². The first-order chi connectivity index (χ1) is 16.3. The standard InChI is InChI=1S/C22H29F2N5O4S/c1-13-9-16(23)15(17(24)10-13)12-33-20-18(19(25)31)21(34-28-20)27-22(32)26-6-2-3-7-29-8-4-5-14(29)11-30/h9-10,14,30H,2-8,11-12H2,1H3,(H2,25,31)(H2,26,27,32). The zero-order valence-electron chi connectivity index (χ0n) is 18.9. The van der Waals surface area contributed by atoms with Crippen LogP contribution < -0.4 is 21.1 Å². The van der Waals surface area contributed by atoms with Gasteiger partial charge in [-0.3, -0.25) is 15.0 Å². The third-order valence-electron chi connectivity index (χ3n) is 5.64. The van der Waals surface area contributed by atoms with Crippen molar-refractivity contribution in [2.45, 2.75) is 45.3 Å². The summed E-state index contributed by atoms with van der Waals surface area (Å²) in [4.78, 5) is 26.4. The van der Waals surface area contributed by atoms with Gasteiger partial charge in [-0.2, -0.15) is 4.37 Å². The highest BCUT2D eigenvalue weighted by molar-refractivity contribution is 7.11. The second kappa shape index (κ2) is 12.0. The highest BCUT2D eigenvalue weighted by Crippen LogP contribution is 2.31. The molecule has 1 aromatic carbocycles. The molecule has 3 rings (SSSR count). The number of nitrogens with one attached hydrogen (secondary N) is 2. The van der Waals surface area contributed by atoms with Gasteiger partial charge in [0.2, 0.25) is 5.88 Å². The van der Waals surface area contributed by atoms with Crippen molar-refractivity contribution >= 4 is 28.5 Å². The van der Waals surface area contributed by atoms with Crippen molar-refractivity contribution < 1.29 is 28.2 Å². The lowest BCUT2D eigenvalue weighted by molar-refractivity contribution is 0.0996. The minimum atomic E-state index is -0.895. The Balaban J connectivity index is 1.50. The molecular formula is C22H29F2N5O4S. The topological polar surface area (TPSA) is 130 Å². The minimum Gasteiger partial charge on any atom is -0.471 e. The number of urea groups is 1. The summed E-state index contributed by atoms with van der Waals surface area (Å²) in [7, 11) is 0. The molecule has 9 nitrogen and oxygen atoms in total. The minimum absolute atomic E-state index is 0.0766. The van der Waals surface area contributed by atoms with Gasteiger partial charge in [0.1, 0.15) is 28.8 Å². The van der Waals surface area contributed by atoms with Crippen LogP contribution in [0.15, 0.2) is 12.1 Å². The molecule has 186 valence electrons. The maximum atomic E-state index is 14.0. The molecular weight excluding hydrogens is 468 g/mol. The Morgan fingerprint density at radius 3 is 2.74 bits per heavy atom. The van der Waals surface area contributed by atoms with Gasteiger partial charge in [0.25, 0.3) is 5.91 Å². The number of likely N-dealkylation sites (tertiary alicyclic amines) is 1. The molecule has 34 heavy (non-hydrogen) atoms. The van der Waals surface area contributed by atoms with Crippen LogP contribution in [0.2, 0.25) is 0 Å². The van der Waals surface area contributed by atoms with E-state index in [0.29, 0.717) is 12.1 Å². The normalized spacial score (nSPS) is 15.9. The average molecular weight is 498 g/mol. The molecule has 1 unspecified atom stereocenters. The fraction of sp³-hybridized carbons (Fsp3) is 0.500. The molecule has 0 radical (unpaired) electrons. The van der Waals surface area contributed by atoms with Gasteiger partial charge in [-0.1, -0.05) is 0 Å². The number of aliphatic hydroxyl groups is 1. The van der Waals surface area contributed by atoms with Gasteiger partial charge in [0, 0.05) is 12.6 Å². The summed E-state index contributed by atoms with van der Waals surface area (Å²) < 4.78 is 37.4. The van der Waals surface area contributed by atoms with Crippen LogP contribution in [-0.2, 0) is 6.61 Å². The molecule has 0 bridgehead atoms. The summed E-state index contributed by atoms with van der Waals surface area (Å²) >= 11 is 0.776. The van der Waals surface area contributed by atoms with Crippen molar-refractivity contribution in [3.8, 4) is 5.88 Å². The zero-order chi connectivity index (χ0) is 24.7. The number of aliphatic hydroxyl groups excluding tert-OH is 1. The van der Waals surface area contributed by atoms with Crippen molar-refractivity contribution in [2.75, 3.05) is 31.6 Å². The van der Waals surface area contributed by atoms with Gasteiger partial charge >= 0.3 is 6.03 Å². The molecule has 0 spiro atoms. The van der Waals surface area contributed by atoms with Crippen molar-refractivity contribution in [1.82, 2.24) is 14.6 Å². The largest absolute Gasteiger partial charge is 0.471 e. The van der Waals surface area contributed by atoms with E-state index < -0.39 is 30.2 Å². The van der Waals surface area contributed by atoms with Crippen molar-refractivity contribution in [1.29, 1.82) is 0 Å². The molecule has 0 aliphatic carbocycles. The van der Waals surface area contributed by atoms with Crippen molar-refractivity contribution in [2.24, 2.45) is 5.73 Å². The average Bonchev–Trinajstić information content (AvgIpc) is 3.39. The Kier molecular flexibility index (Phi) is 9.13. The lowest BCUT2D eigenvalue weighted by Crippen LogP contribution is -2.34. The number of rotatable bonds is 11. The lowest BCUT2D eigenvalue weighted by atomic mass is 10.1. The number of primary amides is 1. The number of amides is 3. The third-order valence-corrected chi connectivity index (χ3v) is 6.39. The van der Waals surface area contributed by atoms with Crippen LogP contribution in [0.25, 0.3) is 0 Å². The van der Waals surface area contributed by atoms with Crippen LogP contribution >= 0.6 is 11.5 Å². The Hall–Kier alpha value is -2.83. The number of nitrogens with two attached hydrogens (primary N) is 1. The number of carbonyl (C=O) groups excluding carboxylic acids is 2. The van der Waals surface area contributed by atoms with Gasteiger partial charge in [-0.25, -0.2) is 13.6 Å². The molecule has 2 heterocycles. The number of ether oxygens (including phenoxy) is 1. The van der Waals surface area contributed by atoms with Gasteiger partial charge < -0.3 is 20.9 Å². The van der Waals surface area contributed by atoms with Crippen LogP contribution in [0.1, 0.15) is 47.2 Å². The molecule has 0 saturated carbocycles. The summed E-state index contributed by atoms with van der Waals surface area (Å²) in [6, 6.07) is 2.03. The number of hydrogen-bond acceptors (Lipinski definition) is 7. The van der Waals surface area contributed by atoms with Gasteiger partial charge in [-0.15, -0.1) is 0 Å². The smallest absolute Gasteiger partial charge is 0.319 e. The number of aryl methyl sites for hydroxylation is 1. The first-order valence-corrected chi connectivity index (χ1v) is 11.8. The number of unbranched alkanes of at least 4 members (excludes halogenated alkanes) is 1. The Morgan fingerprint density at radius 2 is 2.06 bits per heavy atom. The number of anilines is 1. The number of hydrogen-bond donors (Lipinski definition) is 4. The Morgan fingerprint density at radius 1 is 1.32 bits per heavy atom. The van der Waals surface area contributed by atoms with Gasteiger partial charge in [-0.05, 0) is 74.9 Å². The Labute approximate surface area is 200 Å². The van der Waals surface area contributed by atoms with Crippen LogP contribution in [0.5, 0.6) is 5.88 Å². The molecule has 2 aromatic rings. The molecule has 5 N–H and O–H groups in total. The van der Waals surface area contributed by atoms with E-state index >= 15 is 0 Å². The van der Waals surface area contributed by atoms with E-state index in [1.54, 1.807) is 6.92 Å². The van der Waals surface area contributed by atoms with E-state index in [1.165, 1.54) is 12.1 Å². The fourth-order valence-corrected chi connectivity index (χ4v) is 4.61. The molecule has 1 aromatic heterocycles. The molecule has 1 aliphatic rings. The predicted molar refractivity (Wildman–Crippen MR) is 124 cm³/mol. The highest BCUT2D eigenvalue weighted by Gasteiger charge is 2.24. The van der Waals surface area contributed by atoms with E-state index in [1.807, 2.05) is 0 Å². The molecule has 1 atom stereocenters. The third kappa shape index (κ3) is 6.61. The molecule has 3 amide bonds. The molecule has 12 heteroatoms. The first-order valence-electron chi connectivity index (χ1n) is 11.1. The van der Waals surface area contributed by atoms with E-state index in [9.17, 15) is 23.5 Å². The Bertz CT molecular complexity index is 996. The van der Waals surface area contributed by atoms with Crippen LogP contribution in [0, 0.1) is 18.6 Å². The van der Waals surface area contributed by atoms with E-state index in [2.05, 4.69) is 19.9 Å². The SMILES string of the molecule is Cc1cc(F)c(COc2nsc(NC(=O)NCCCCN3CCCC3CO)c2C(N)=O)c(F)c1. The lowest BCUT2D eigenvalue weighted by Gasteiger charge is -2.22. The fourth-order valence-electron chi connectivity index (χ4n) is 3.87. The monoisotopic (exact) mass is 497 g/mol. The molecule has 1 saturated heterocycles. The summed E-state index contributed by atoms with van der Waals surface area (Å²) in [5.41, 5.74) is 5.36. The second-order valence-corrected chi connectivity index (χ2v) is 8.93. The number of benzene rings is 1. The summed E-state index contributed by atoms with van der Waals surface area (Å²) in [5, 5.41) is 14.7. The summed E-state index contributed by atoms with van der Waals surface area (Å²) in [6.45, 7) is 3.49. The van der Waals surface area contributed by atoms with Crippen LogP contribution in [0.4, 0.5) is 18.6 Å². The quantitative estimate of drug-likeness (QED) is 0.353. The maximum absolute atomic E-state index is 14.0. The summed E-state index contributed by atoms with van der Waals surface area (Å²) in [5.74, 6) is -2.66. The van der Waals surface area contributed by atoms with E-state index in [-0.39, 0.29) is 34.7 Å². The molecule has 1 aliphatic heterocycles. The highest BCUT2D eigenvalue weighted by atomic mass is 32.1. The van der Waals surface area contributed by atoms with Gasteiger partial charge in [0.05, 0.1) is 12.2 Å². The van der Waals surface area contributed by atoms with Crippen LogP contribution in [0.3, 0.4) is 0 Å². The predicted octanol–water partition coefficient (Wildman–Crippen LogP) is 2.77. The number of aromatic nitrogens is 1. The number of halogens is 2. The van der Waals surface area contributed by atoms with E-state index in [4.69, 9.17) is 10.5 Å². The number of carbonyl (C=O) groups is 2. The maximum Gasteiger partial charge on any atom is 0.319 e. The zero-order valence-corrected chi connectivity index (χ0v) is 19.7. The molecule has 1 fully saturated rings. The van der Waals surface area contributed by atoms with Gasteiger partial charge in [0.15, 0.2) is 0 Å². The first kappa shape index (κ1) is 25.8. The van der Waals surface area contributed by atoms with Crippen molar-refractivity contribution in [3.05, 3.63) is 40.5 Å².